The molecule has 0 spiro atoms. The van der Waals surface area contributed by atoms with Gasteiger partial charge in [-0.05, 0) is 26.0 Å². The van der Waals surface area contributed by atoms with Crippen molar-refractivity contribution in [1.82, 2.24) is 29.8 Å². The Morgan fingerprint density at radius 3 is 2.96 bits per heavy atom. The van der Waals surface area contributed by atoms with E-state index in [2.05, 4.69) is 20.6 Å². The van der Waals surface area contributed by atoms with Crippen molar-refractivity contribution >= 4 is 17.4 Å². The third kappa shape index (κ3) is 2.68. The molecule has 0 saturated heterocycles. The van der Waals surface area contributed by atoms with Crippen LogP contribution in [0.25, 0.3) is 16.8 Å². The Labute approximate surface area is 137 Å². The minimum absolute atomic E-state index is 0.0328. The van der Waals surface area contributed by atoms with E-state index < -0.39 is 5.91 Å². The summed E-state index contributed by atoms with van der Waals surface area (Å²) in [5.41, 5.74) is 10.0. The van der Waals surface area contributed by atoms with Crippen LogP contribution in [0.3, 0.4) is 0 Å². The second-order valence-electron chi connectivity index (χ2n) is 5.07. The number of amides is 1. The number of fused-ring (bicyclic) bond motifs is 1. The number of aromatic nitrogens is 5. The lowest BCUT2D eigenvalue weighted by Gasteiger charge is -2.11. The van der Waals surface area contributed by atoms with Gasteiger partial charge in [-0.1, -0.05) is 0 Å². The van der Waals surface area contributed by atoms with Gasteiger partial charge in [0.05, 0.1) is 11.7 Å². The number of rotatable bonds is 5. The van der Waals surface area contributed by atoms with E-state index in [1.807, 2.05) is 13.8 Å². The van der Waals surface area contributed by atoms with Crippen LogP contribution in [-0.4, -0.2) is 36.9 Å². The summed E-state index contributed by atoms with van der Waals surface area (Å²) in [5, 5.41) is 8.36. The van der Waals surface area contributed by atoms with Crippen molar-refractivity contribution in [3.8, 4) is 11.3 Å². The SMILES string of the molecule is CCOC(C)n1cc(-c2nc(N)nn3c(C(=O)NN)ccc23)cn1. The molecule has 3 heterocycles. The summed E-state index contributed by atoms with van der Waals surface area (Å²) in [5.74, 6) is 4.75. The minimum Gasteiger partial charge on any atom is -0.367 e. The molecular formula is C14H18N8O2. The maximum Gasteiger partial charge on any atom is 0.283 e. The van der Waals surface area contributed by atoms with Gasteiger partial charge in [0.1, 0.15) is 17.6 Å². The molecule has 0 aromatic carbocycles. The summed E-state index contributed by atoms with van der Waals surface area (Å²) >= 11 is 0. The first-order valence-electron chi connectivity index (χ1n) is 7.37. The fraction of sp³-hybridized carbons (Fsp3) is 0.286. The van der Waals surface area contributed by atoms with Crippen LogP contribution in [0.15, 0.2) is 24.5 Å². The van der Waals surface area contributed by atoms with Gasteiger partial charge in [0, 0.05) is 18.4 Å². The predicted octanol–water partition coefficient (Wildman–Crippen LogP) is 0.334. The topological polar surface area (TPSA) is 138 Å². The molecule has 3 aromatic rings. The van der Waals surface area contributed by atoms with Crippen LogP contribution in [0.2, 0.25) is 0 Å². The number of ether oxygens (including phenoxy) is 1. The molecule has 1 unspecified atom stereocenters. The highest BCUT2D eigenvalue weighted by molar-refractivity contribution is 5.94. The van der Waals surface area contributed by atoms with Crippen molar-refractivity contribution < 1.29 is 9.53 Å². The lowest BCUT2D eigenvalue weighted by Crippen LogP contribution is -2.31. The molecule has 0 aliphatic carbocycles. The van der Waals surface area contributed by atoms with Crippen molar-refractivity contribution in [2.45, 2.75) is 20.1 Å². The van der Waals surface area contributed by atoms with Crippen LogP contribution >= 0.6 is 0 Å². The number of hydrogen-bond acceptors (Lipinski definition) is 7. The van der Waals surface area contributed by atoms with E-state index in [0.717, 1.165) is 5.56 Å². The number of nitrogens with two attached hydrogens (primary N) is 2. The standard InChI is InChI=1S/C14H18N8O2/c1-3-24-8(2)21-7-9(6-17-21)12-10-4-5-11(13(23)19-16)22(10)20-14(15)18-12/h4-8H,3,16H2,1-2H3,(H2,15,20)(H,19,23). The van der Waals surface area contributed by atoms with E-state index in [-0.39, 0.29) is 17.9 Å². The minimum atomic E-state index is -0.472. The number of carbonyl (C=O) groups is 1. The predicted molar refractivity (Wildman–Crippen MR) is 86.6 cm³/mol. The zero-order valence-electron chi connectivity index (χ0n) is 13.3. The smallest absolute Gasteiger partial charge is 0.283 e. The zero-order chi connectivity index (χ0) is 17.3. The third-order valence-electron chi connectivity index (χ3n) is 3.55. The Morgan fingerprint density at radius 2 is 2.25 bits per heavy atom. The molecule has 24 heavy (non-hydrogen) atoms. The maximum absolute atomic E-state index is 11.8. The van der Waals surface area contributed by atoms with E-state index in [1.165, 1.54) is 4.52 Å². The molecule has 5 N–H and O–H groups in total. The van der Waals surface area contributed by atoms with E-state index >= 15 is 0 Å². The third-order valence-corrected chi connectivity index (χ3v) is 3.55. The average Bonchev–Trinajstić information content (AvgIpc) is 3.20. The quantitative estimate of drug-likeness (QED) is 0.348. The molecular weight excluding hydrogens is 312 g/mol. The van der Waals surface area contributed by atoms with Gasteiger partial charge in [0.2, 0.25) is 5.95 Å². The number of hydrazine groups is 1. The molecule has 1 amide bonds. The summed E-state index contributed by atoms with van der Waals surface area (Å²) in [4.78, 5) is 16.1. The van der Waals surface area contributed by atoms with Crippen LogP contribution in [0.1, 0.15) is 30.6 Å². The number of nitrogen functional groups attached to an aromatic ring is 2. The first-order valence-corrected chi connectivity index (χ1v) is 7.37. The molecule has 0 saturated carbocycles. The Morgan fingerprint density at radius 1 is 1.46 bits per heavy atom. The molecule has 3 rings (SSSR count). The fourth-order valence-corrected chi connectivity index (χ4v) is 2.45. The molecule has 1 atom stereocenters. The van der Waals surface area contributed by atoms with Crippen LogP contribution in [0, 0.1) is 0 Å². The number of anilines is 1. The molecule has 0 aliphatic heterocycles. The van der Waals surface area contributed by atoms with Crippen molar-refractivity contribution in [3.05, 3.63) is 30.2 Å². The van der Waals surface area contributed by atoms with Gasteiger partial charge in [-0.2, -0.15) is 5.10 Å². The highest BCUT2D eigenvalue weighted by Crippen LogP contribution is 2.25. The van der Waals surface area contributed by atoms with Gasteiger partial charge in [-0.3, -0.25) is 10.2 Å². The van der Waals surface area contributed by atoms with Gasteiger partial charge in [0.25, 0.3) is 5.91 Å². The van der Waals surface area contributed by atoms with Gasteiger partial charge in [-0.15, -0.1) is 5.10 Å². The van der Waals surface area contributed by atoms with Crippen LogP contribution in [0.5, 0.6) is 0 Å². The zero-order valence-corrected chi connectivity index (χ0v) is 13.3. The van der Waals surface area contributed by atoms with Crippen LogP contribution in [-0.2, 0) is 4.74 Å². The van der Waals surface area contributed by atoms with Gasteiger partial charge in [0.15, 0.2) is 0 Å². The van der Waals surface area contributed by atoms with Crippen molar-refractivity contribution in [2.75, 3.05) is 12.3 Å². The summed E-state index contributed by atoms with van der Waals surface area (Å²) in [6.45, 7) is 4.39. The Hall–Kier alpha value is -2.98. The van der Waals surface area contributed by atoms with Crippen molar-refractivity contribution in [1.29, 1.82) is 0 Å². The van der Waals surface area contributed by atoms with E-state index in [1.54, 1.807) is 29.2 Å². The molecule has 126 valence electrons. The average molecular weight is 330 g/mol. The monoisotopic (exact) mass is 330 g/mol. The van der Waals surface area contributed by atoms with Crippen molar-refractivity contribution in [2.24, 2.45) is 5.84 Å². The lowest BCUT2D eigenvalue weighted by atomic mass is 10.2. The normalized spacial score (nSPS) is 12.5. The Kier molecular flexibility index (Phi) is 4.15. The summed E-state index contributed by atoms with van der Waals surface area (Å²) < 4.78 is 8.60. The molecule has 0 bridgehead atoms. The lowest BCUT2D eigenvalue weighted by molar-refractivity contribution is 0.0160. The maximum atomic E-state index is 11.8. The van der Waals surface area contributed by atoms with Crippen LogP contribution in [0.4, 0.5) is 5.95 Å². The first kappa shape index (κ1) is 15.9. The van der Waals surface area contributed by atoms with E-state index in [9.17, 15) is 4.79 Å². The van der Waals surface area contributed by atoms with Gasteiger partial charge < -0.3 is 10.5 Å². The molecule has 0 radical (unpaired) electrons. The fourth-order valence-electron chi connectivity index (χ4n) is 2.45. The van der Waals surface area contributed by atoms with Gasteiger partial charge >= 0.3 is 0 Å². The number of nitrogens with zero attached hydrogens (tertiary/aromatic N) is 5. The Balaban J connectivity index is 2.10. The number of carbonyl (C=O) groups excluding carboxylic acids is 1. The molecule has 10 nitrogen and oxygen atoms in total. The van der Waals surface area contributed by atoms with E-state index in [0.29, 0.717) is 17.8 Å². The summed E-state index contributed by atoms with van der Waals surface area (Å²) in [7, 11) is 0. The summed E-state index contributed by atoms with van der Waals surface area (Å²) in [6, 6.07) is 3.32. The molecule has 10 heteroatoms. The number of hydrogen-bond donors (Lipinski definition) is 3. The molecule has 0 aliphatic rings. The van der Waals surface area contributed by atoms with Gasteiger partial charge in [-0.25, -0.2) is 20.0 Å². The first-order chi connectivity index (χ1) is 11.5. The number of nitrogens with one attached hydrogen (secondary N) is 1. The molecule has 3 aromatic heterocycles. The summed E-state index contributed by atoms with van der Waals surface area (Å²) in [6.07, 6.45) is 3.26. The Bertz CT molecular complexity index is 884. The van der Waals surface area contributed by atoms with Crippen molar-refractivity contribution in [3.63, 3.8) is 0 Å². The molecule has 0 fully saturated rings. The second-order valence-corrected chi connectivity index (χ2v) is 5.07. The largest absolute Gasteiger partial charge is 0.367 e. The highest BCUT2D eigenvalue weighted by atomic mass is 16.5. The van der Waals surface area contributed by atoms with Crippen LogP contribution < -0.4 is 17.0 Å². The second kappa shape index (κ2) is 6.26. The highest BCUT2D eigenvalue weighted by Gasteiger charge is 2.17. The van der Waals surface area contributed by atoms with E-state index in [4.69, 9.17) is 16.3 Å².